The Labute approximate surface area is 116 Å². The smallest absolute Gasteiger partial charge is 0.294 e. The van der Waals surface area contributed by atoms with E-state index in [-0.39, 0.29) is 11.3 Å². The minimum Gasteiger partial charge on any atom is -0.507 e. The molecule has 104 valence electrons. The van der Waals surface area contributed by atoms with Gasteiger partial charge >= 0.3 is 0 Å². The quantitative estimate of drug-likeness (QED) is 0.668. The lowest BCUT2D eigenvalue weighted by Crippen LogP contribution is -2.05. The Morgan fingerprint density at radius 2 is 1.65 bits per heavy atom. The SMILES string of the molecule is Cc1ccc(C(=O)c2cc(S(=O)(=O)O)ccc2O)cc1. The molecule has 6 heteroatoms. The van der Waals surface area contributed by atoms with Gasteiger partial charge < -0.3 is 5.11 Å². The zero-order valence-electron chi connectivity index (χ0n) is 10.6. The maximum Gasteiger partial charge on any atom is 0.294 e. The average molecular weight is 292 g/mol. The zero-order valence-corrected chi connectivity index (χ0v) is 11.4. The predicted molar refractivity (Wildman–Crippen MR) is 72.5 cm³/mol. The third-order valence-corrected chi connectivity index (χ3v) is 3.67. The van der Waals surface area contributed by atoms with Crippen molar-refractivity contribution >= 4 is 15.9 Å². The van der Waals surface area contributed by atoms with E-state index in [1.54, 1.807) is 24.3 Å². The van der Waals surface area contributed by atoms with Gasteiger partial charge in [0.1, 0.15) is 5.75 Å². The summed E-state index contributed by atoms with van der Waals surface area (Å²) in [4.78, 5) is 11.8. The average Bonchev–Trinajstić information content (AvgIpc) is 2.38. The number of phenols is 1. The van der Waals surface area contributed by atoms with Gasteiger partial charge in [-0.15, -0.1) is 0 Å². The summed E-state index contributed by atoms with van der Waals surface area (Å²) in [5.74, 6) is -0.865. The lowest BCUT2D eigenvalue weighted by atomic mass is 10.0. The first kappa shape index (κ1) is 14.2. The van der Waals surface area contributed by atoms with Crippen molar-refractivity contribution in [3.63, 3.8) is 0 Å². The lowest BCUT2D eigenvalue weighted by Gasteiger charge is -2.06. The van der Waals surface area contributed by atoms with E-state index in [0.29, 0.717) is 5.56 Å². The van der Waals surface area contributed by atoms with Crippen LogP contribution in [-0.4, -0.2) is 23.9 Å². The van der Waals surface area contributed by atoms with Crippen LogP contribution in [0.3, 0.4) is 0 Å². The first-order chi connectivity index (χ1) is 9.29. The van der Waals surface area contributed by atoms with Crippen LogP contribution < -0.4 is 0 Å². The van der Waals surface area contributed by atoms with E-state index >= 15 is 0 Å². The predicted octanol–water partition coefficient (Wildman–Crippen LogP) is 2.18. The lowest BCUT2D eigenvalue weighted by molar-refractivity contribution is 0.103. The maximum atomic E-state index is 12.2. The number of hydrogen-bond acceptors (Lipinski definition) is 4. The molecule has 0 aliphatic carbocycles. The molecule has 5 nitrogen and oxygen atoms in total. The van der Waals surface area contributed by atoms with Gasteiger partial charge in [-0.2, -0.15) is 8.42 Å². The van der Waals surface area contributed by atoms with E-state index in [0.717, 1.165) is 23.8 Å². The summed E-state index contributed by atoms with van der Waals surface area (Å²) in [5, 5.41) is 9.69. The Morgan fingerprint density at radius 3 is 2.20 bits per heavy atom. The monoisotopic (exact) mass is 292 g/mol. The first-order valence-corrected chi connectivity index (χ1v) is 7.15. The highest BCUT2D eigenvalue weighted by Gasteiger charge is 2.18. The van der Waals surface area contributed by atoms with E-state index < -0.39 is 20.8 Å². The molecule has 0 radical (unpaired) electrons. The highest BCUT2D eigenvalue weighted by atomic mass is 32.2. The molecular weight excluding hydrogens is 280 g/mol. The molecule has 2 N–H and O–H groups in total. The Kier molecular flexibility index (Phi) is 3.61. The fourth-order valence-electron chi connectivity index (χ4n) is 1.72. The molecule has 2 rings (SSSR count). The van der Waals surface area contributed by atoms with Gasteiger partial charge in [0.25, 0.3) is 10.1 Å². The van der Waals surface area contributed by atoms with Gasteiger partial charge in [-0.05, 0) is 25.1 Å². The van der Waals surface area contributed by atoms with Crippen LogP contribution in [-0.2, 0) is 10.1 Å². The molecule has 0 unspecified atom stereocenters. The van der Waals surface area contributed by atoms with Crippen LogP contribution in [0.1, 0.15) is 21.5 Å². The van der Waals surface area contributed by atoms with Crippen LogP contribution in [0, 0.1) is 6.92 Å². The highest BCUT2D eigenvalue weighted by molar-refractivity contribution is 7.85. The second-order valence-corrected chi connectivity index (χ2v) is 5.77. The molecule has 0 aromatic heterocycles. The van der Waals surface area contributed by atoms with Gasteiger partial charge in [-0.1, -0.05) is 29.8 Å². The number of ketones is 1. The molecule has 2 aromatic rings. The summed E-state index contributed by atoms with van der Waals surface area (Å²) >= 11 is 0. The van der Waals surface area contributed by atoms with E-state index in [2.05, 4.69) is 0 Å². The first-order valence-electron chi connectivity index (χ1n) is 5.71. The Hall–Kier alpha value is -2.18. The number of rotatable bonds is 3. The van der Waals surface area contributed by atoms with Crippen molar-refractivity contribution in [3.05, 3.63) is 59.2 Å². The van der Waals surface area contributed by atoms with Crippen LogP contribution in [0.15, 0.2) is 47.4 Å². The van der Waals surface area contributed by atoms with Gasteiger partial charge in [-0.3, -0.25) is 9.35 Å². The normalized spacial score (nSPS) is 11.3. The molecule has 0 saturated carbocycles. The minimum absolute atomic E-state index is 0.177. The van der Waals surface area contributed by atoms with Gasteiger partial charge in [0, 0.05) is 5.56 Å². The number of aryl methyl sites for hydroxylation is 1. The summed E-state index contributed by atoms with van der Waals surface area (Å²) in [6.07, 6.45) is 0. The second-order valence-electron chi connectivity index (χ2n) is 4.35. The largest absolute Gasteiger partial charge is 0.507 e. The van der Waals surface area contributed by atoms with Crippen molar-refractivity contribution in [3.8, 4) is 5.75 Å². The number of carbonyl (C=O) groups excluding carboxylic acids is 1. The topological polar surface area (TPSA) is 91.7 Å². The Bertz CT molecular complexity index is 761. The van der Waals surface area contributed by atoms with Crippen LogP contribution in [0.5, 0.6) is 5.75 Å². The van der Waals surface area contributed by atoms with Gasteiger partial charge in [0.2, 0.25) is 0 Å². The Morgan fingerprint density at radius 1 is 1.05 bits per heavy atom. The molecule has 0 heterocycles. The number of benzene rings is 2. The van der Waals surface area contributed by atoms with Crippen LogP contribution in [0.4, 0.5) is 0 Å². The summed E-state index contributed by atoms with van der Waals surface area (Å²) in [6, 6.07) is 9.66. The van der Waals surface area contributed by atoms with Crippen molar-refractivity contribution in [1.82, 2.24) is 0 Å². The molecule has 0 spiro atoms. The van der Waals surface area contributed by atoms with E-state index in [1.165, 1.54) is 0 Å². The zero-order chi connectivity index (χ0) is 14.9. The van der Waals surface area contributed by atoms with E-state index in [9.17, 15) is 18.3 Å². The number of carbonyl (C=O) groups is 1. The summed E-state index contributed by atoms with van der Waals surface area (Å²) in [7, 11) is -4.43. The standard InChI is InChI=1S/C14H12O5S/c1-9-2-4-10(5-3-9)14(16)12-8-11(20(17,18)19)6-7-13(12)15/h2-8,15H,1H3,(H,17,18,19). The maximum absolute atomic E-state index is 12.2. The van der Waals surface area contributed by atoms with E-state index in [4.69, 9.17) is 4.55 Å². The minimum atomic E-state index is -4.43. The number of phenolic OH excluding ortho intramolecular Hbond substituents is 1. The molecule has 2 aromatic carbocycles. The van der Waals surface area contributed by atoms with Gasteiger partial charge in [0.05, 0.1) is 10.5 Å². The molecule has 0 aliphatic rings. The third kappa shape index (κ3) is 2.87. The fourth-order valence-corrected chi connectivity index (χ4v) is 2.22. The molecule has 0 bridgehead atoms. The van der Waals surface area contributed by atoms with Crippen molar-refractivity contribution in [1.29, 1.82) is 0 Å². The third-order valence-electron chi connectivity index (χ3n) is 2.82. The molecule has 0 atom stereocenters. The molecular formula is C14H12O5S. The highest BCUT2D eigenvalue weighted by Crippen LogP contribution is 2.24. The van der Waals surface area contributed by atoms with Crippen LogP contribution >= 0.6 is 0 Å². The van der Waals surface area contributed by atoms with E-state index in [1.807, 2.05) is 6.92 Å². The Balaban J connectivity index is 2.52. The molecule has 20 heavy (non-hydrogen) atoms. The van der Waals surface area contributed by atoms with Crippen molar-refractivity contribution in [2.45, 2.75) is 11.8 Å². The molecule has 0 aliphatic heterocycles. The van der Waals surface area contributed by atoms with Gasteiger partial charge in [-0.25, -0.2) is 0 Å². The number of aromatic hydroxyl groups is 1. The van der Waals surface area contributed by atoms with Crippen molar-refractivity contribution < 1.29 is 22.9 Å². The van der Waals surface area contributed by atoms with Crippen molar-refractivity contribution in [2.24, 2.45) is 0 Å². The molecule has 0 amide bonds. The number of hydrogen-bond donors (Lipinski definition) is 2. The van der Waals surface area contributed by atoms with Crippen molar-refractivity contribution in [2.75, 3.05) is 0 Å². The second kappa shape index (κ2) is 5.07. The van der Waals surface area contributed by atoms with Crippen LogP contribution in [0.2, 0.25) is 0 Å². The van der Waals surface area contributed by atoms with Crippen LogP contribution in [0.25, 0.3) is 0 Å². The molecule has 0 saturated heterocycles. The summed E-state index contributed by atoms with van der Waals surface area (Å²) < 4.78 is 31.1. The molecule has 0 fully saturated rings. The van der Waals surface area contributed by atoms with Gasteiger partial charge in [0.15, 0.2) is 5.78 Å². The summed E-state index contributed by atoms with van der Waals surface area (Å²) in [5.41, 5.74) is 1.11. The summed E-state index contributed by atoms with van der Waals surface area (Å²) in [6.45, 7) is 1.87. The fraction of sp³-hybridized carbons (Fsp3) is 0.0714.